The summed E-state index contributed by atoms with van der Waals surface area (Å²) >= 11 is 0. The van der Waals surface area contributed by atoms with E-state index in [1.165, 1.54) is 0 Å². The first kappa shape index (κ1) is 14.7. The summed E-state index contributed by atoms with van der Waals surface area (Å²) in [5.74, 6) is -0.177. The smallest absolute Gasteiger partial charge is 0.206 e. The fourth-order valence-corrected chi connectivity index (χ4v) is 1.66. The molecule has 0 radical (unpaired) electrons. The van der Waals surface area contributed by atoms with E-state index < -0.39 is 0 Å². The lowest BCUT2D eigenvalue weighted by Gasteiger charge is -2.05. The molecule has 0 aliphatic heterocycles. The van der Waals surface area contributed by atoms with Gasteiger partial charge in [0, 0.05) is 5.56 Å². The van der Waals surface area contributed by atoms with Gasteiger partial charge in [-0.1, -0.05) is 54.6 Å². The molecule has 0 saturated heterocycles. The highest BCUT2D eigenvalue weighted by Gasteiger charge is 2.01. The van der Waals surface area contributed by atoms with Gasteiger partial charge in [-0.15, -0.1) is 12.4 Å². The Morgan fingerprint density at radius 3 is 2.37 bits per heavy atom. The molecular formula is C14H15ClN4. The van der Waals surface area contributed by atoms with Crippen LogP contribution in [0.4, 0.5) is 0 Å². The maximum atomic E-state index is 7.03. The van der Waals surface area contributed by atoms with Gasteiger partial charge in [0.05, 0.1) is 6.21 Å². The SMILES string of the molecule is Cl.N=C(N)NN=Cc1ccccc1-c1ccccc1. The van der Waals surface area contributed by atoms with E-state index in [-0.39, 0.29) is 18.4 Å². The molecule has 0 aliphatic rings. The number of rotatable bonds is 3. The lowest BCUT2D eigenvalue weighted by atomic mass is 10.0. The lowest BCUT2D eigenvalue weighted by molar-refractivity contribution is 1.00. The normalized spacial score (nSPS) is 9.89. The highest BCUT2D eigenvalue weighted by Crippen LogP contribution is 2.21. The average molecular weight is 275 g/mol. The molecule has 0 aromatic heterocycles. The van der Waals surface area contributed by atoms with E-state index in [0.29, 0.717) is 0 Å². The molecule has 2 aromatic carbocycles. The van der Waals surface area contributed by atoms with Gasteiger partial charge >= 0.3 is 0 Å². The van der Waals surface area contributed by atoms with Gasteiger partial charge in [-0.2, -0.15) is 5.10 Å². The van der Waals surface area contributed by atoms with Crippen molar-refractivity contribution in [2.24, 2.45) is 10.8 Å². The second-order valence-corrected chi connectivity index (χ2v) is 3.74. The zero-order valence-electron chi connectivity index (χ0n) is 10.2. The Kier molecular flexibility index (Phi) is 5.57. The molecule has 0 amide bonds. The van der Waals surface area contributed by atoms with Crippen molar-refractivity contribution in [3.05, 3.63) is 60.2 Å². The van der Waals surface area contributed by atoms with Crippen LogP contribution in [0.3, 0.4) is 0 Å². The molecule has 19 heavy (non-hydrogen) atoms. The predicted molar refractivity (Wildman–Crippen MR) is 81.8 cm³/mol. The van der Waals surface area contributed by atoms with Crippen molar-refractivity contribution in [3.63, 3.8) is 0 Å². The minimum atomic E-state index is -0.177. The van der Waals surface area contributed by atoms with Crippen LogP contribution in [0.25, 0.3) is 11.1 Å². The molecule has 2 rings (SSSR count). The number of hydrogen-bond donors (Lipinski definition) is 3. The number of hydrazone groups is 1. The van der Waals surface area contributed by atoms with Crippen LogP contribution < -0.4 is 11.2 Å². The maximum absolute atomic E-state index is 7.03. The van der Waals surface area contributed by atoms with Gasteiger partial charge in [-0.05, 0) is 11.1 Å². The minimum absolute atomic E-state index is 0. The highest BCUT2D eigenvalue weighted by atomic mass is 35.5. The third-order valence-electron chi connectivity index (χ3n) is 2.43. The highest BCUT2D eigenvalue weighted by molar-refractivity contribution is 5.90. The van der Waals surface area contributed by atoms with Crippen molar-refractivity contribution in [3.8, 4) is 11.1 Å². The van der Waals surface area contributed by atoms with Crippen LogP contribution in [0.15, 0.2) is 59.7 Å². The molecule has 4 nitrogen and oxygen atoms in total. The summed E-state index contributed by atoms with van der Waals surface area (Å²) in [6, 6.07) is 18.0. The van der Waals surface area contributed by atoms with E-state index in [4.69, 9.17) is 11.1 Å². The first-order valence-electron chi connectivity index (χ1n) is 5.55. The monoisotopic (exact) mass is 274 g/mol. The summed E-state index contributed by atoms with van der Waals surface area (Å²) in [6.45, 7) is 0. The zero-order chi connectivity index (χ0) is 12.8. The van der Waals surface area contributed by atoms with Crippen LogP contribution in [0, 0.1) is 5.41 Å². The van der Waals surface area contributed by atoms with Gasteiger partial charge in [0.15, 0.2) is 0 Å². The maximum Gasteiger partial charge on any atom is 0.206 e. The molecule has 0 heterocycles. The first-order chi connectivity index (χ1) is 8.77. The largest absolute Gasteiger partial charge is 0.369 e. The van der Waals surface area contributed by atoms with Crippen LogP contribution >= 0.6 is 12.4 Å². The third kappa shape index (κ3) is 4.12. The summed E-state index contributed by atoms with van der Waals surface area (Å²) in [5.41, 5.74) is 10.8. The second kappa shape index (κ2) is 7.18. The van der Waals surface area contributed by atoms with Crippen LogP contribution in [0.5, 0.6) is 0 Å². The molecule has 0 atom stereocenters. The summed E-state index contributed by atoms with van der Waals surface area (Å²) < 4.78 is 0. The van der Waals surface area contributed by atoms with Crippen molar-refractivity contribution in [2.45, 2.75) is 0 Å². The van der Waals surface area contributed by atoms with Crippen molar-refractivity contribution in [1.82, 2.24) is 5.43 Å². The Hall–Kier alpha value is -2.33. The standard InChI is InChI=1S/C14H14N4.ClH/c15-14(16)18-17-10-12-8-4-5-9-13(12)11-6-2-1-3-7-11;/h1-10H,(H4,15,16,18);1H. The van der Waals surface area contributed by atoms with Crippen LogP contribution in [0.2, 0.25) is 0 Å². The predicted octanol–water partition coefficient (Wildman–Crippen LogP) is 2.59. The van der Waals surface area contributed by atoms with Gasteiger partial charge in [-0.3, -0.25) is 5.41 Å². The van der Waals surface area contributed by atoms with Crippen LogP contribution in [-0.4, -0.2) is 12.2 Å². The molecule has 4 N–H and O–H groups in total. The number of nitrogens with two attached hydrogens (primary N) is 1. The van der Waals surface area contributed by atoms with E-state index in [0.717, 1.165) is 16.7 Å². The summed E-state index contributed by atoms with van der Waals surface area (Å²) in [5, 5.41) is 10.9. The summed E-state index contributed by atoms with van der Waals surface area (Å²) in [6.07, 6.45) is 1.66. The minimum Gasteiger partial charge on any atom is -0.369 e. The molecule has 0 aliphatic carbocycles. The molecule has 5 heteroatoms. The average Bonchev–Trinajstić information content (AvgIpc) is 2.40. The van der Waals surface area contributed by atoms with Gasteiger partial charge < -0.3 is 5.73 Å². The van der Waals surface area contributed by atoms with Gasteiger partial charge in [0.1, 0.15) is 0 Å². The van der Waals surface area contributed by atoms with Crippen molar-refractivity contribution >= 4 is 24.6 Å². The quantitative estimate of drug-likeness (QED) is 0.457. The van der Waals surface area contributed by atoms with Gasteiger partial charge in [0.2, 0.25) is 5.96 Å². The number of benzene rings is 2. The summed E-state index contributed by atoms with van der Waals surface area (Å²) in [4.78, 5) is 0. The molecule has 98 valence electrons. The molecule has 0 saturated carbocycles. The van der Waals surface area contributed by atoms with E-state index in [1.807, 2.05) is 54.6 Å². The van der Waals surface area contributed by atoms with Crippen molar-refractivity contribution < 1.29 is 0 Å². The molecule has 0 unspecified atom stereocenters. The number of hydrogen-bond acceptors (Lipinski definition) is 2. The van der Waals surface area contributed by atoms with E-state index in [1.54, 1.807) is 6.21 Å². The number of nitrogens with zero attached hydrogens (tertiary/aromatic N) is 1. The zero-order valence-corrected chi connectivity index (χ0v) is 11.0. The molecule has 2 aromatic rings. The Bertz CT molecular complexity index is 567. The number of halogens is 1. The third-order valence-corrected chi connectivity index (χ3v) is 2.43. The lowest BCUT2D eigenvalue weighted by Crippen LogP contribution is -2.25. The van der Waals surface area contributed by atoms with Gasteiger partial charge in [0.25, 0.3) is 0 Å². The number of nitrogens with one attached hydrogen (secondary N) is 2. The van der Waals surface area contributed by atoms with Crippen molar-refractivity contribution in [1.29, 1.82) is 5.41 Å². The first-order valence-corrected chi connectivity index (χ1v) is 5.55. The van der Waals surface area contributed by atoms with Crippen molar-refractivity contribution in [2.75, 3.05) is 0 Å². The van der Waals surface area contributed by atoms with E-state index in [9.17, 15) is 0 Å². The number of guanidine groups is 1. The van der Waals surface area contributed by atoms with E-state index in [2.05, 4.69) is 10.5 Å². The fraction of sp³-hybridized carbons (Fsp3) is 0. The Morgan fingerprint density at radius 2 is 1.68 bits per heavy atom. The Morgan fingerprint density at radius 1 is 1.05 bits per heavy atom. The fourth-order valence-electron chi connectivity index (χ4n) is 1.66. The Balaban J connectivity index is 0.00000180. The topological polar surface area (TPSA) is 74.3 Å². The van der Waals surface area contributed by atoms with Crippen LogP contribution in [-0.2, 0) is 0 Å². The van der Waals surface area contributed by atoms with Crippen LogP contribution in [0.1, 0.15) is 5.56 Å². The van der Waals surface area contributed by atoms with E-state index >= 15 is 0 Å². The molecule has 0 fully saturated rings. The summed E-state index contributed by atoms with van der Waals surface area (Å²) in [7, 11) is 0. The van der Waals surface area contributed by atoms with Gasteiger partial charge in [-0.25, -0.2) is 5.43 Å². The molecule has 0 bridgehead atoms. The molecular weight excluding hydrogens is 260 g/mol. The molecule has 0 spiro atoms. The second-order valence-electron chi connectivity index (χ2n) is 3.74. The Labute approximate surface area is 118 Å².